The maximum Gasteiger partial charge on any atom is 0.0572 e. The minimum atomic E-state index is 0.492. The van der Waals surface area contributed by atoms with Crippen molar-refractivity contribution < 1.29 is 4.74 Å². The van der Waals surface area contributed by atoms with Gasteiger partial charge < -0.3 is 4.74 Å². The molecule has 0 amide bonds. The lowest BCUT2D eigenvalue weighted by atomic mass is 9.94. The molecule has 0 aromatic rings. The summed E-state index contributed by atoms with van der Waals surface area (Å²) in [4.78, 5) is 0. The fourth-order valence-electron chi connectivity index (χ4n) is 3.74. The van der Waals surface area contributed by atoms with E-state index in [1.54, 1.807) is 0 Å². The van der Waals surface area contributed by atoms with Gasteiger partial charge in [0.15, 0.2) is 0 Å². The molecule has 26 heavy (non-hydrogen) atoms. The highest BCUT2D eigenvalue weighted by Crippen LogP contribution is 2.22. The summed E-state index contributed by atoms with van der Waals surface area (Å²) in [6.07, 6.45) is 22.4. The minimum Gasteiger partial charge on any atom is -0.378 e. The SMILES string of the molecule is CCCCCCCCC(CCCCCC)CO[C@@H](CC)CCC(C)CC. The Balaban J connectivity index is 4.13. The molecule has 0 aliphatic heterocycles. The van der Waals surface area contributed by atoms with Crippen molar-refractivity contribution in [1.29, 1.82) is 0 Å². The first-order valence-corrected chi connectivity index (χ1v) is 12.3. The van der Waals surface area contributed by atoms with Crippen molar-refractivity contribution in [2.24, 2.45) is 11.8 Å². The topological polar surface area (TPSA) is 9.23 Å². The first-order valence-electron chi connectivity index (χ1n) is 12.3. The molecule has 0 aromatic heterocycles. The van der Waals surface area contributed by atoms with Gasteiger partial charge in [-0.25, -0.2) is 0 Å². The van der Waals surface area contributed by atoms with E-state index in [1.807, 2.05) is 0 Å². The van der Waals surface area contributed by atoms with Crippen LogP contribution in [-0.4, -0.2) is 12.7 Å². The molecule has 3 atom stereocenters. The van der Waals surface area contributed by atoms with Gasteiger partial charge in [-0.3, -0.25) is 0 Å². The molecule has 1 heteroatoms. The van der Waals surface area contributed by atoms with Crippen LogP contribution in [0.5, 0.6) is 0 Å². The quantitative estimate of drug-likeness (QED) is 0.195. The van der Waals surface area contributed by atoms with Gasteiger partial charge in [0.25, 0.3) is 0 Å². The van der Waals surface area contributed by atoms with Gasteiger partial charge in [0.1, 0.15) is 0 Å². The summed E-state index contributed by atoms with van der Waals surface area (Å²) >= 11 is 0. The molecule has 1 nitrogen and oxygen atoms in total. The minimum absolute atomic E-state index is 0.492. The number of hydrogen-bond donors (Lipinski definition) is 0. The van der Waals surface area contributed by atoms with Crippen LogP contribution in [0.1, 0.15) is 137 Å². The average molecular weight is 369 g/mol. The summed E-state index contributed by atoms with van der Waals surface area (Å²) in [6.45, 7) is 12.6. The lowest BCUT2D eigenvalue weighted by Crippen LogP contribution is -2.19. The van der Waals surface area contributed by atoms with E-state index in [9.17, 15) is 0 Å². The van der Waals surface area contributed by atoms with Crippen LogP contribution >= 0.6 is 0 Å². The molecule has 0 N–H and O–H groups in total. The van der Waals surface area contributed by atoms with Crippen molar-refractivity contribution in [3.63, 3.8) is 0 Å². The third kappa shape index (κ3) is 16.2. The Hall–Kier alpha value is -0.0400. The summed E-state index contributed by atoms with van der Waals surface area (Å²) in [5.74, 6) is 1.65. The molecule has 0 saturated carbocycles. The summed E-state index contributed by atoms with van der Waals surface area (Å²) in [5.41, 5.74) is 0. The molecule has 0 aliphatic rings. The van der Waals surface area contributed by atoms with E-state index >= 15 is 0 Å². The van der Waals surface area contributed by atoms with Crippen LogP contribution in [0.25, 0.3) is 0 Å². The maximum atomic E-state index is 6.40. The van der Waals surface area contributed by atoms with E-state index in [-0.39, 0.29) is 0 Å². The molecule has 0 saturated heterocycles. The zero-order valence-electron chi connectivity index (χ0n) is 19.2. The van der Waals surface area contributed by atoms with Crippen LogP contribution in [0, 0.1) is 11.8 Å². The van der Waals surface area contributed by atoms with Crippen LogP contribution in [0.2, 0.25) is 0 Å². The van der Waals surface area contributed by atoms with Gasteiger partial charge in [0.05, 0.1) is 6.10 Å². The Bertz CT molecular complexity index is 263. The summed E-state index contributed by atoms with van der Waals surface area (Å²) in [7, 11) is 0. The second-order valence-electron chi connectivity index (χ2n) is 8.73. The summed E-state index contributed by atoms with van der Waals surface area (Å²) in [6, 6.07) is 0. The smallest absolute Gasteiger partial charge is 0.0572 e. The van der Waals surface area contributed by atoms with E-state index in [0.29, 0.717) is 6.10 Å². The van der Waals surface area contributed by atoms with Crippen molar-refractivity contribution >= 4 is 0 Å². The van der Waals surface area contributed by atoms with Crippen LogP contribution in [0.4, 0.5) is 0 Å². The zero-order valence-corrected chi connectivity index (χ0v) is 19.2. The Kier molecular flexibility index (Phi) is 19.7. The van der Waals surface area contributed by atoms with Crippen molar-refractivity contribution in [3.8, 4) is 0 Å². The molecule has 2 unspecified atom stereocenters. The lowest BCUT2D eigenvalue weighted by molar-refractivity contribution is 0.0141. The number of ether oxygens (including phenoxy) is 1. The molecule has 0 bridgehead atoms. The molecule has 0 spiro atoms. The predicted octanol–water partition coefficient (Wildman–Crippen LogP) is 8.95. The van der Waals surface area contributed by atoms with Gasteiger partial charge in [-0.1, -0.05) is 105 Å². The largest absolute Gasteiger partial charge is 0.378 e. The van der Waals surface area contributed by atoms with E-state index in [4.69, 9.17) is 4.74 Å². The number of hydrogen-bond acceptors (Lipinski definition) is 1. The Morgan fingerprint density at radius 3 is 1.65 bits per heavy atom. The van der Waals surface area contributed by atoms with Crippen LogP contribution in [0.15, 0.2) is 0 Å². The molecule has 158 valence electrons. The van der Waals surface area contributed by atoms with E-state index in [0.717, 1.165) is 18.4 Å². The zero-order chi connectivity index (χ0) is 19.5. The first-order chi connectivity index (χ1) is 12.7. The highest BCUT2D eigenvalue weighted by molar-refractivity contribution is 4.64. The van der Waals surface area contributed by atoms with Gasteiger partial charge in [-0.2, -0.15) is 0 Å². The molecular weight excluding hydrogens is 316 g/mol. The molecule has 0 aliphatic carbocycles. The van der Waals surface area contributed by atoms with Gasteiger partial charge >= 0.3 is 0 Å². The lowest BCUT2D eigenvalue weighted by Gasteiger charge is -2.23. The van der Waals surface area contributed by atoms with Gasteiger partial charge in [0.2, 0.25) is 0 Å². The third-order valence-electron chi connectivity index (χ3n) is 6.13. The number of rotatable bonds is 20. The third-order valence-corrected chi connectivity index (χ3v) is 6.13. The summed E-state index contributed by atoms with van der Waals surface area (Å²) in [5, 5.41) is 0. The Morgan fingerprint density at radius 2 is 1.12 bits per heavy atom. The molecule has 0 aromatic carbocycles. The summed E-state index contributed by atoms with van der Waals surface area (Å²) < 4.78 is 6.40. The van der Waals surface area contributed by atoms with E-state index in [1.165, 1.54) is 103 Å². The highest BCUT2D eigenvalue weighted by atomic mass is 16.5. The second-order valence-corrected chi connectivity index (χ2v) is 8.73. The van der Waals surface area contributed by atoms with Gasteiger partial charge in [0, 0.05) is 6.61 Å². The van der Waals surface area contributed by atoms with Gasteiger partial charge in [-0.15, -0.1) is 0 Å². The van der Waals surface area contributed by atoms with Gasteiger partial charge in [-0.05, 0) is 43.9 Å². The molecule has 0 heterocycles. The maximum absolute atomic E-state index is 6.40. The van der Waals surface area contributed by atoms with Crippen LogP contribution in [-0.2, 0) is 4.74 Å². The van der Waals surface area contributed by atoms with Crippen molar-refractivity contribution in [1.82, 2.24) is 0 Å². The van der Waals surface area contributed by atoms with E-state index < -0.39 is 0 Å². The van der Waals surface area contributed by atoms with Crippen molar-refractivity contribution in [2.45, 2.75) is 143 Å². The van der Waals surface area contributed by atoms with Crippen molar-refractivity contribution in [2.75, 3.05) is 6.61 Å². The monoisotopic (exact) mass is 368 g/mol. The second kappa shape index (κ2) is 19.7. The predicted molar refractivity (Wildman–Crippen MR) is 119 cm³/mol. The van der Waals surface area contributed by atoms with Crippen LogP contribution in [0.3, 0.4) is 0 Å². The Labute approximate surface area is 167 Å². The normalized spacial score (nSPS) is 15.1. The van der Waals surface area contributed by atoms with E-state index in [2.05, 4.69) is 34.6 Å². The fraction of sp³-hybridized carbons (Fsp3) is 1.00. The fourth-order valence-corrected chi connectivity index (χ4v) is 3.74. The number of unbranched alkanes of at least 4 members (excludes halogenated alkanes) is 8. The van der Waals surface area contributed by atoms with Crippen LogP contribution < -0.4 is 0 Å². The molecule has 0 radical (unpaired) electrons. The standard InChI is InChI=1S/C25H52O/c1-6-10-12-14-15-17-19-24(18-16-13-11-7-2)22-26-25(9-4)21-20-23(5)8-3/h23-25H,6-22H2,1-5H3/t23?,24?,25-/m0/s1. The molecular formula is C25H52O. The Morgan fingerprint density at radius 1 is 0.577 bits per heavy atom. The van der Waals surface area contributed by atoms with Crippen molar-refractivity contribution in [3.05, 3.63) is 0 Å². The highest BCUT2D eigenvalue weighted by Gasteiger charge is 2.14. The molecule has 0 rings (SSSR count). The molecule has 0 fully saturated rings. The average Bonchev–Trinajstić information content (AvgIpc) is 2.66. The first kappa shape index (κ1) is 26.0.